The second kappa shape index (κ2) is 8.32. The Kier molecular flexibility index (Phi) is 6.23. The van der Waals surface area contributed by atoms with Gasteiger partial charge in [-0.1, -0.05) is 6.92 Å². The molecule has 1 aromatic heterocycles. The Morgan fingerprint density at radius 3 is 2.82 bits per heavy atom. The van der Waals surface area contributed by atoms with Gasteiger partial charge in [-0.2, -0.15) is 4.31 Å². The third-order valence-electron chi connectivity index (χ3n) is 5.69. The van der Waals surface area contributed by atoms with Gasteiger partial charge in [0.1, 0.15) is 0 Å². The second-order valence-corrected chi connectivity index (χ2v) is 10.1. The molecule has 1 aliphatic carbocycles. The van der Waals surface area contributed by atoms with Crippen molar-refractivity contribution in [3.63, 3.8) is 0 Å². The molecule has 0 spiro atoms. The molecule has 156 valence electrons. The summed E-state index contributed by atoms with van der Waals surface area (Å²) < 4.78 is 28.9. The number of amides is 1. The fourth-order valence-electron chi connectivity index (χ4n) is 4.21. The van der Waals surface area contributed by atoms with Gasteiger partial charge in [0.05, 0.1) is 11.8 Å². The Morgan fingerprint density at radius 2 is 2.14 bits per heavy atom. The molecule has 2 fully saturated rings. The molecular weight excluding hydrogens is 382 g/mol. The number of hydrogen-bond donors (Lipinski definition) is 3. The highest BCUT2D eigenvalue weighted by atomic mass is 32.2. The first-order chi connectivity index (χ1) is 13.2. The molecule has 10 heteroatoms. The molecule has 0 radical (unpaired) electrons. The molecule has 2 aliphatic rings. The number of pyridine rings is 1. The average molecular weight is 412 g/mol. The van der Waals surface area contributed by atoms with Gasteiger partial charge < -0.3 is 9.88 Å². The summed E-state index contributed by atoms with van der Waals surface area (Å²) in [5, 5.41) is 2.04. The van der Waals surface area contributed by atoms with Crippen molar-refractivity contribution >= 4 is 21.6 Å². The molecule has 1 saturated carbocycles. The standard InChI is InChI=1S/C18H29N5O4S/c1-4-23-6-5-14(9-17(23)25)20-16(24)11-22(3)28(26,27)15-8-12(2)7-13-10-19-21-18(13)15/h5-6,9,12-13,15,18-19,21H,4,7-8,10-11H2,1-3H3,(H,20,24). The van der Waals surface area contributed by atoms with Crippen LogP contribution in [0.5, 0.6) is 0 Å². The van der Waals surface area contributed by atoms with Gasteiger partial charge in [0.2, 0.25) is 15.9 Å². The van der Waals surface area contributed by atoms with Gasteiger partial charge in [-0.25, -0.2) is 8.42 Å². The van der Waals surface area contributed by atoms with Crippen molar-refractivity contribution in [1.29, 1.82) is 0 Å². The minimum absolute atomic E-state index is 0.145. The van der Waals surface area contributed by atoms with Crippen LogP contribution in [0.15, 0.2) is 23.1 Å². The molecule has 2 heterocycles. The Hall–Kier alpha value is -1.75. The summed E-state index contributed by atoms with van der Waals surface area (Å²) in [4.78, 5) is 24.2. The molecule has 1 amide bonds. The molecule has 4 atom stereocenters. The molecule has 3 N–H and O–H groups in total. The van der Waals surface area contributed by atoms with Crippen LogP contribution in [0.3, 0.4) is 0 Å². The summed E-state index contributed by atoms with van der Waals surface area (Å²) in [6.07, 6.45) is 3.16. The lowest BCUT2D eigenvalue weighted by Crippen LogP contribution is -2.53. The zero-order valence-electron chi connectivity index (χ0n) is 16.5. The van der Waals surface area contributed by atoms with Crippen LogP contribution in [0.25, 0.3) is 0 Å². The number of carbonyl (C=O) groups is 1. The van der Waals surface area contributed by atoms with Crippen LogP contribution in [-0.2, 0) is 21.4 Å². The van der Waals surface area contributed by atoms with Crippen molar-refractivity contribution in [2.75, 3.05) is 25.5 Å². The van der Waals surface area contributed by atoms with Gasteiger partial charge >= 0.3 is 0 Å². The highest BCUT2D eigenvalue weighted by molar-refractivity contribution is 7.89. The number of likely N-dealkylation sites (N-methyl/N-ethyl adjacent to an activating group) is 1. The van der Waals surface area contributed by atoms with Gasteiger partial charge in [0.25, 0.3) is 5.56 Å². The van der Waals surface area contributed by atoms with Crippen molar-refractivity contribution in [3.05, 3.63) is 28.7 Å². The van der Waals surface area contributed by atoms with Crippen LogP contribution in [0, 0.1) is 11.8 Å². The van der Waals surface area contributed by atoms with Gasteiger partial charge in [0.15, 0.2) is 0 Å². The second-order valence-electron chi connectivity index (χ2n) is 7.81. The number of nitrogens with one attached hydrogen (secondary N) is 3. The maximum atomic E-state index is 13.1. The molecule has 0 bridgehead atoms. The Morgan fingerprint density at radius 1 is 1.39 bits per heavy atom. The quantitative estimate of drug-likeness (QED) is 0.606. The van der Waals surface area contributed by atoms with E-state index in [-0.39, 0.29) is 24.1 Å². The van der Waals surface area contributed by atoms with Crippen LogP contribution < -0.4 is 21.7 Å². The van der Waals surface area contributed by atoms with E-state index in [9.17, 15) is 18.0 Å². The van der Waals surface area contributed by atoms with Crippen LogP contribution in [-0.4, -0.2) is 54.6 Å². The summed E-state index contributed by atoms with van der Waals surface area (Å²) >= 11 is 0. The smallest absolute Gasteiger partial charge is 0.252 e. The third kappa shape index (κ3) is 4.29. The van der Waals surface area contributed by atoms with Crippen molar-refractivity contribution in [3.8, 4) is 0 Å². The van der Waals surface area contributed by atoms with E-state index in [4.69, 9.17) is 0 Å². The molecule has 9 nitrogen and oxygen atoms in total. The predicted octanol–water partition coefficient (Wildman–Crippen LogP) is -0.0406. The van der Waals surface area contributed by atoms with Gasteiger partial charge in [0, 0.05) is 44.1 Å². The molecule has 4 unspecified atom stereocenters. The van der Waals surface area contributed by atoms with Gasteiger partial charge in [-0.3, -0.25) is 20.4 Å². The van der Waals surface area contributed by atoms with Crippen LogP contribution in [0.1, 0.15) is 26.7 Å². The summed E-state index contributed by atoms with van der Waals surface area (Å²) in [5.41, 5.74) is 6.32. The average Bonchev–Trinajstić information content (AvgIpc) is 3.09. The van der Waals surface area contributed by atoms with Crippen molar-refractivity contribution in [2.45, 2.75) is 44.5 Å². The molecule has 0 aromatic carbocycles. The number of anilines is 1. The maximum Gasteiger partial charge on any atom is 0.252 e. The zero-order valence-corrected chi connectivity index (χ0v) is 17.3. The van der Waals surface area contributed by atoms with Crippen molar-refractivity contribution in [2.24, 2.45) is 11.8 Å². The van der Waals surface area contributed by atoms with Crippen molar-refractivity contribution in [1.82, 2.24) is 19.7 Å². The number of hydrogen-bond acceptors (Lipinski definition) is 6. The van der Waals surface area contributed by atoms with Crippen molar-refractivity contribution < 1.29 is 13.2 Å². The number of fused-ring (bicyclic) bond motifs is 1. The third-order valence-corrected chi connectivity index (χ3v) is 7.93. The van der Waals surface area contributed by atoms with E-state index in [1.165, 1.54) is 17.7 Å². The number of hydrazine groups is 1. The van der Waals surface area contributed by atoms with E-state index in [1.807, 2.05) is 6.92 Å². The van der Waals surface area contributed by atoms with E-state index < -0.39 is 21.2 Å². The highest BCUT2D eigenvalue weighted by Crippen LogP contribution is 2.35. The Balaban J connectivity index is 1.67. The first kappa shape index (κ1) is 21.0. The van der Waals surface area contributed by atoms with E-state index in [0.29, 0.717) is 24.6 Å². The number of nitrogens with zero attached hydrogens (tertiary/aromatic N) is 2. The topological polar surface area (TPSA) is 113 Å². The number of rotatable bonds is 6. The van der Waals surface area contributed by atoms with Crippen LogP contribution in [0.2, 0.25) is 0 Å². The Labute approximate surface area is 165 Å². The summed E-state index contributed by atoms with van der Waals surface area (Å²) in [6, 6.07) is 2.81. The van der Waals surface area contributed by atoms with Gasteiger partial charge in [-0.05, 0) is 37.7 Å². The first-order valence-corrected chi connectivity index (χ1v) is 11.2. The lowest BCUT2D eigenvalue weighted by Gasteiger charge is -2.37. The summed E-state index contributed by atoms with van der Waals surface area (Å²) in [5.74, 6) is 0.114. The summed E-state index contributed by atoms with van der Waals surface area (Å²) in [6.45, 7) is 4.93. The SMILES string of the molecule is CCn1ccc(NC(=O)CN(C)S(=O)(=O)C2CC(C)CC3CNNC32)cc1=O. The minimum Gasteiger partial charge on any atom is -0.325 e. The summed E-state index contributed by atoms with van der Waals surface area (Å²) in [7, 11) is -2.22. The lowest BCUT2D eigenvalue weighted by atomic mass is 9.79. The number of carbonyl (C=O) groups excluding carboxylic acids is 1. The van der Waals surface area contributed by atoms with E-state index >= 15 is 0 Å². The number of aryl methyl sites for hydroxylation is 1. The zero-order chi connectivity index (χ0) is 20.5. The number of aromatic nitrogens is 1. The van der Waals surface area contributed by atoms with E-state index in [2.05, 4.69) is 23.1 Å². The monoisotopic (exact) mass is 411 g/mol. The molecule has 1 aromatic rings. The fourth-order valence-corrected chi connectivity index (χ4v) is 6.20. The predicted molar refractivity (Wildman–Crippen MR) is 107 cm³/mol. The molecular formula is C18H29N5O4S. The molecule has 1 saturated heterocycles. The fraction of sp³-hybridized carbons (Fsp3) is 0.667. The normalized spacial score (nSPS) is 27.6. The van der Waals surface area contributed by atoms with Crippen LogP contribution >= 0.6 is 0 Å². The molecule has 3 rings (SSSR count). The minimum atomic E-state index is -3.65. The lowest BCUT2D eigenvalue weighted by molar-refractivity contribution is -0.116. The van der Waals surface area contributed by atoms with Gasteiger partial charge in [-0.15, -0.1) is 0 Å². The maximum absolute atomic E-state index is 13.1. The van der Waals surface area contributed by atoms with Crippen LogP contribution in [0.4, 0.5) is 5.69 Å². The van der Waals surface area contributed by atoms with E-state index in [0.717, 1.165) is 17.3 Å². The molecule has 28 heavy (non-hydrogen) atoms. The first-order valence-electron chi connectivity index (χ1n) is 9.66. The number of sulfonamides is 1. The Bertz CT molecular complexity index is 884. The van der Waals surface area contributed by atoms with E-state index in [1.54, 1.807) is 12.3 Å². The largest absolute Gasteiger partial charge is 0.325 e. The highest BCUT2D eigenvalue weighted by Gasteiger charge is 2.46. The molecule has 1 aliphatic heterocycles.